The number of carbonyl (C=O) groups is 3. The first-order chi connectivity index (χ1) is 11.4. The van der Waals surface area contributed by atoms with E-state index in [2.05, 4.69) is 10.3 Å². The van der Waals surface area contributed by atoms with Gasteiger partial charge in [-0.25, -0.2) is 4.79 Å². The number of H-pyrrole nitrogens is 1. The molecule has 0 fully saturated rings. The molecule has 0 aliphatic heterocycles. The molecule has 24 heavy (non-hydrogen) atoms. The van der Waals surface area contributed by atoms with Crippen molar-refractivity contribution in [3.8, 4) is 0 Å². The highest BCUT2D eigenvalue weighted by Gasteiger charge is 2.21. The van der Waals surface area contributed by atoms with Gasteiger partial charge in [0.1, 0.15) is 5.69 Å². The molecule has 1 amide bonds. The first-order valence-electron chi connectivity index (χ1n) is 7.56. The lowest BCUT2D eigenvalue weighted by atomic mass is 10.1. The highest BCUT2D eigenvalue weighted by Crippen LogP contribution is 2.19. The van der Waals surface area contributed by atoms with Gasteiger partial charge in [0.05, 0.1) is 0 Å². The van der Waals surface area contributed by atoms with E-state index in [0.29, 0.717) is 23.4 Å². The molecule has 2 aromatic heterocycles. The van der Waals surface area contributed by atoms with Crippen molar-refractivity contribution in [3.63, 3.8) is 0 Å². The van der Waals surface area contributed by atoms with Gasteiger partial charge in [-0.3, -0.25) is 9.59 Å². The molecule has 0 atom stereocenters. The first-order valence-corrected chi connectivity index (χ1v) is 8.44. The maximum absolute atomic E-state index is 12.1. The van der Waals surface area contributed by atoms with E-state index in [-0.39, 0.29) is 24.0 Å². The average Bonchev–Trinajstić information content (AvgIpc) is 3.12. The number of Topliss-reactive ketones (excluding diaryl/α,β-unsaturated/α-hetero) is 1. The van der Waals surface area contributed by atoms with E-state index in [1.807, 2.05) is 17.5 Å². The standard InChI is InChI=1S/C17H20N2O4S/c1-10-15(12(3)20)11(2)19-16(10)17(22)23-9-14(21)18-7-6-13-5-4-8-24-13/h4-5,8,19H,6-7,9H2,1-3H3,(H,18,21). The number of hydrogen-bond acceptors (Lipinski definition) is 5. The van der Waals surface area contributed by atoms with Crippen LogP contribution in [0.4, 0.5) is 0 Å². The minimum atomic E-state index is -0.642. The topological polar surface area (TPSA) is 88.3 Å². The minimum Gasteiger partial charge on any atom is -0.451 e. The van der Waals surface area contributed by atoms with Crippen LogP contribution in [0, 0.1) is 13.8 Å². The van der Waals surface area contributed by atoms with E-state index >= 15 is 0 Å². The molecule has 0 saturated carbocycles. The van der Waals surface area contributed by atoms with Crippen LogP contribution in [0.15, 0.2) is 17.5 Å². The number of amides is 1. The molecule has 2 heterocycles. The molecule has 0 spiro atoms. The Balaban J connectivity index is 1.83. The quantitative estimate of drug-likeness (QED) is 0.594. The molecule has 6 nitrogen and oxygen atoms in total. The molecular formula is C17H20N2O4S. The zero-order chi connectivity index (χ0) is 17.7. The number of aromatic nitrogens is 1. The number of rotatable bonds is 7. The second-order valence-corrected chi connectivity index (χ2v) is 6.47. The molecule has 2 rings (SSSR count). The number of esters is 1. The van der Waals surface area contributed by atoms with E-state index in [4.69, 9.17) is 4.74 Å². The summed E-state index contributed by atoms with van der Waals surface area (Å²) in [7, 11) is 0. The van der Waals surface area contributed by atoms with Crippen LogP contribution in [0.2, 0.25) is 0 Å². The Bertz CT molecular complexity index is 747. The third kappa shape index (κ3) is 4.32. The second-order valence-electron chi connectivity index (χ2n) is 5.44. The van der Waals surface area contributed by atoms with Crippen LogP contribution < -0.4 is 5.32 Å². The summed E-state index contributed by atoms with van der Waals surface area (Å²) in [6, 6.07) is 3.96. The second kappa shape index (κ2) is 7.92. The number of carbonyl (C=O) groups excluding carboxylic acids is 3. The largest absolute Gasteiger partial charge is 0.451 e. The van der Waals surface area contributed by atoms with E-state index < -0.39 is 5.97 Å². The number of ketones is 1. The van der Waals surface area contributed by atoms with Crippen molar-refractivity contribution < 1.29 is 19.1 Å². The van der Waals surface area contributed by atoms with Gasteiger partial charge in [-0.1, -0.05) is 6.07 Å². The maximum atomic E-state index is 12.1. The van der Waals surface area contributed by atoms with Crippen molar-refractivity contribution in [2.75, 3.05) is 13.2 Å². The summed E-state index contributed by atoms with van der Waals surface area (Å²) in [5.74, 6) is -1.12. The average molecular weight is 348 g/mol. The van der Waals surface area contributed by atoms with Crippen LogP contribution >= 0.6 is 11.3 Å². The van der Waals surface area contributed by atoms with Crippen molar-refractivity contribution in [3.05, 3.63) is 44.9 Å². The van der Waals surface area contributed by atoms with Gasteiger partial charge < -0.3 is 15.0 Å². The summed E-state index contributed by atoms with van der Waals surface area (Å²) in [6.45, 7) is 4.98. The lowest BCUT2D eigenvalue weighted by Crippen LogP contribution is -2.30. The molecule has 0 aliphatic rings. The molecular weight excluding hydrogens is 328 g/mol. The van der Waals surface area contributed by atoms with Gasteiger partial charge in [0, 0.05) is 22.7 Å². The van der Waals surface area contributed by atoms with Crippen LogP contribution in [0.3, 0.4) is 0 Å². The van der Waals surface area contributed by atoms with Crippen LogP contribution in [0.25, 0.3) is 0 Å². The summed E-state index contributed by atoms with van der Waals surface area (Å²) in [5, 5.41) is 4.68. The van der Waals surface area contributed by atoms with Crippen LogP contribution in [0.1, 0.15) is 43.9 Å². The minimum absolute atomic E-state index is 0.119. The summed E-state index contributed by atoms with van der Waals surface area (Å²) in [5.41, 5.74) is 1.86. The maximum Gasteiger partial charge on any atom is 0.355 e. The predicted octanol–water partition coefficient (Wildman–Crippen LogP) is 2.41. The van der Waals surface area contributed by atoms with Gasteiger partial charge in [0.25, 0.3) is 5.91 Å². The third-order valence-corrected chi connectivity index (χ3v) is 4.54. The number of hydrogen-bond donors (Lipinski definition) is 2. The smallest absolute Gasteiger partial charge is 0.355 e. The van der Waals surface area contributed by atoms with E-state index in [1.165, 1.54) is 11.8 Å². The molecule has 128 valence electrons. The van der Waals surface area contributed by atoms with Gasteiger partial charge in [-0.05, 0) is 44.2 Å². The van der Waals surface area contributed by atoms with Gasteiger partial charge in [0.15, 0.2) is 12.4 Å². The fraction of sp³-hybridized carbons (Fsp3) is 0.353. The molecule has 0 aromatic carbocycles. The Morgan fingerprint density at radius 2 is 2.04 bits per heavy atom. The molecule has 0 bridgehead atoms. The van der Waals surface area contributed by atoms with Crippen molar-refractivity contribution in [1.29, 1.82) is 0 Å². The fourth-order valence-corrected chi connectivity index (χ4v) is 3.23. The first kappa shape index (κ1) is 17.9. The van der Waals surface area contributed by atoms with E-state index in [9.17, 15) is 14.4 Å². The van der Waals surface area contributed by atoms with Crippen molar-refractivity contribution in [2.45, 2.75) is 27.2 Å². The molecule has 0 aliphatic carbocycles. The molecule has 2 aromatic rings. The Hall–Kier alpha value is -2.41. The zero-order valence-electron chi connectivity index (χ0n) is 13.9. The molecule has 0 saturated heterocycles. The number of nitrogens with one attached hydrogen (secondary N) is 2. The molecule has 0 unspecified atom stereocenters. The highest BCUT2D eigenvalue weighted by molar-refractivity contribution is 7.09. The Labute approximate surface area is 144 Å². The van der Waals surface area contributed by atoms with Crippen molar-refractivity contribution in [2.24, 2.45) is 0 Å². The summed E-state index contributed by atoms with van der Waals surface area (Å²) in [4.78, 5) is 39.4. The number of ether oxygens (including phenoxy) is 1. The van der Waals surface area contributed by atoms with Crippen LogP contribution in [0.5, 0.6) is 0 Å². The van der Waals surface area contributed by atoms with Gasteiger partial charge >= 0.3 is 5.97 Å². The lowest BCUT2D eigenvalue weighted by Gasteiger charge is -2.06. The number of aryl methyl sites for hydroxylation is 1. The summed E-state index contributed by atoms with van der Waals surface area (Å²) >= 11 is 1.63. The van der Waals surface area contributed by atoms with Crippen LogP contribution in [-0.2, 0) is 16.0 Å². The summed E-state index contributed by atoms with van der Waals surface area (Å²) in [6.07, 6.45) is 0.744. The zero-order valence-corrected chi connectivity index (χ0v) is 14.7. The van der Waals surface area contributed by atoms with Crippen LogP contribution in [-0.4, -0.2) is 35.8 Å². The van der Waals surface area contributed by atoms with Gasteiger partial charge in [-0.2, -0.15) is 0 Å². The fourth-order valence-electron chi connectivity index (χ4n) is 2.52. The number of aromatic amines is 1. The SMILES string of the molecule is CC(=O)c1c(C)[nH]c(C(=O)OCC(=O)NCCc2cccs2)c1C. The Morgan fingerprint density at radius 3 is 2.62 bits per heavy atom. The lowest BCUT2D eigenvalue weighted by molar-refractivity contribution is -0.124. The summed E-state index contributed by atoms with van der Waals surface area (Å²) < 4.78 is 5.02. The van der Waals surface area contributed by atoms with Gasteiger partial charge in [-0.15, -0.1) is 11.3 Å². The Morgan fingerprint density at radius 1 is 1.29 bits per heavy atom. The number of thiophene rings is 1. The predicted molar refractivity (Wildman–Crippen MR) is 91.6 cm³/mol. The monoisotopic (exact) mass is 348 g/mol. The van der Waals surface area contributed by atoms with Gasteiger partial charge in [0.2, 0.25) is 0 Å². The van der Waals surface area contributed by atoms with E-state index in [1.54, 1.807) is 25.2 Å². The normalized spacial score (nSPS) is 10.5. The molecule has 2 N–H and O–H groups in total. The van der Waals surface area contributed by atoms with E-state index in [0.717, 1.165) is 6.42 Å². The molecule has 0 radical (unpaired) electrons. The molecule has 7 heteroatoms. The third-order valence-electron chi connectivity index (χ3n) is 3.60. The van der Waals surface area contributed by atoms with Crippen molar-refractivity contribution >= 4 is 29.0 Å². The Kier molecular flexibility index (Phi) is 5.92. The van der Waals surface area contributed by atoms with Crippen molar-refractivity contribution in [1.82, 2.24) is 10.3 Å². The highest BCUT2D eigenvalue weighted by atomic mass is 32.1.